The number of aromatic nitrogens is 2. The van der Waals surface area contributed by atoms with Gasteiger partial charge in [0.05, 0.1) is 11.6 Å². The van der Waals surface area contributed by atoms with Crippen LogP contribution in [0.5, 0.6) is 0 Å². The summed E-state index contributed by atoms with van der Waals surface area (Å²) >= 11 is 3.41. The highest BCUT2D eigenvalue weighted by Crippen LogP contribution is 2.44. The van der Waals surface area contributed by atoms with Gasteiger partial charge in [-0.25, -0.2) is 14.4 Å². The summed E-state index contributed by atoms with van der Waals surface area (Å²) in [6.07, 6.45) is 1.46. The molecular weight excluding hydrogens is 465 g/mol. The summed E-state index contributed by atoms with van der Waals surface area (Å²) in [5.74, 6) is 0.413. The minimum Gasteiger partial charge on any atom is -0.358 e. The molecule has 1 aliphatic carbocycles. The monoisotopic (exact) mass is 489 g/mol. The molecule has 1 saturated heterocycles. The third-order valence-electron chi connectivity index (χ3n) is 6.11. The SMILES string of the molecule is C[C@@H]1C[C@@H](F)c2ncnc(N3CCN(C(=O)[C@H](CNC=O)c4ccc(Br)cc4)CC3)c21. The van der Waals surface area contributed by atoms with Crippen molar-refractivity contribution in [3.05, 3.63) is 51.9 Å². The zero-order valence-corrected chi connectivity index (χ0v) is 18.9. The molecule has 31 heavy (non-hydrogen) atoms. The van der Waals surface area contributed by atoms with Crippen LogP contribution in [0.2, 0.25) is 0 Å². The molecule has 164 valence electrons. The summed E-state index contributed by atoms with van der Waals surface area (Å²) in [5, 5.41) is 2.65. The van der Waals surface area contributed by atoms with Crippen LogP contribution in [0.25, 0.3) is 0 Å². The van der Waals surface area contributed by atoms with Gasteiger partial charge >= 0.3 is 0 Å². The molecule has 2 amide bonds. The molecule has 2 aromatic rings. The van der Waals surface area contributed by atoms with E-state index in [1.165, 1.54) is 6.33 Å². The first-order chi connectivity index (χ1) is 15.0. The van der Waals surface area contributed by atoms with Crippen LogP contribution in [0.4, 0.5) is 10.2 Å². The van der Waals surface area contributed by atoms with Crippen molar-refractivity contribution in [3.63, 3.8) is 0 Å². The number of hydrogen-bond donors (Lipinski definition) is 1. The number of amides is 2. The number of rotatable bonds is 6. The normalized spacial score (nSPS) is 21.5. The highest BCUT2D eigenvalue weighted by Gasteiger charge is 2.35. The Morgan fingerprint density at radius 1 is 1.26 bits per heavy atom. The Hall–Kier alpha value is -2.55. The first kappa shape index (κ1) is 21.7. The van der Waals surface area contributed by atoms with Gasteiger partial charge in [0.15, 0.2) is 0 Å². The lowest BCUT2D eigenvalue weighted by Gasteiger charge is -2.38. The van der Waals surface area contributed by atoms with E-state index in [4.69, 9.17) is 0 Å². The van der Waals surface area contributed by atoms with Gasteiger partial charge in [-0.3, -0.25) is 9.59 Å². The molecule has 1 aromatic carbocycles. The van der Waals surface area contributed by atoms with Gasteiger partial charge in [-0.05, 0) is 30.0 Å². The summed E-state index contributed by atoms with van der Waals surface area (Å²) in [6.45, 7) is 4.57. The van der Waals surface area contributed by atoms with Gasteiger partial charge in [0.25, 0.3) is 0 Å². The Bertz CT molecular complexity index is 949. The van der Waals surface area contributed by atoms with Crippen molar-refractivity contribution in [2.24, 2.45) is 0 Å². The molecule has 0 unspecified atom stereocenters. The maximum atomic E-state index is 14.3. The van der Waals surface area contributed by atoms with E-state index in [2.05, 4.69) is 36.1 Å². The van der Waals surface area contributed by atoms with Crippen LogP contribution in [-0.2, 0) is 9.59 Å². The van der Waals surface area contributed by atoms with Crippen molar-refractivity contribution in [3.8, 4) is 0 Å². The van der Waals surface area contributed by atoms with Gasteiger partial charge in [-0.2, -0.15) is 0 Å². The molecule has 1 N–H and O–H groups in total. The topological polar surface area (TPSA) is 78.4 Å². The molecule has 1 fully saturated rings. The standard InChI is InChI=1S/C22H25BrFN5O2/c1-14-10-18(24)20-19(14)21(27-12-26-20)28-6-8-29(9-7-28)22(31)17(11-25-13-30)15-2-4-16(23)5-3-15/h2-5,12-14,17-18H,6-11H2,1H3,(H,25,30)/t14-,17-,18-/m1/s1. The predicted molar refractivity (Wildman–Crippen MR) is 119 cm³/mol. The number of alkyl halides is 1. The molecule has 4 rings (SSSR count). The van der Waals surface area contributed by atoms with Gasteiger partial charge in [0.1, 0.15) is 18.3 Å². The molecule has 0 bridgehead atoms. The number of halogens is 2. The van der Waals surface area contributed by atoms with Crippen molar-refractivity contribution in [2.75, 3.05) is 37.6 Å². The van der Waals surface area contributed by atoms with Crippen molar-refractivity contribution >= 4 is 34.1 Å². The zero-order valence-electron chi connectivity index (χ0n) is 17.3. The lowest BCUT2D eigenvalue weighted by atomic mass is 9.97. The van der Waals surface area contributed by atoms with E-state index in [9.17, 15) is 14.0 Å². The molecule has 1 aliphatic heterocycles. The van der Waals surface area contributed by atoms with Gasteiger partial charge in [-0.1, -0.05) is 35.0 Å². The molecule has 2 aliphatic rings. The summed E-state index contributed by atoms with van der Waals surface area (Å²) in [5.41, 5.74) is 2.27. The average Bonchev–Trinajstić information content (AvgIpc) is 3.09. The van der Waals surface area contributed by atoms with Gasteiger partial charge in [0, 0.05) is 42.8 Å². The summed E-state index contributed by atoms with van der Waals surface area (Å²) < 4.78 is 15.2. The van der Waals surface area contributed by atoms with Gasteiger partial charge in [-0.15, -0.1) is 0 Å². The minimum absolute atomic E-state index is 0.0126. The predicted octanol–water partition coefficient (Wildman–Crippen LogP) is 2.94. The van der Waals surface area contributed by atoms with Gasteiger partial charge in [0.2, 0.25) is 12.3 Å². The number of fused-ring (bicyclic) bond motifs is 1. The van der Waals surface area contributed by atoms with Crippen molar-refractivity contribution in [1.29, 1.82) is 0 Å². The van der Waals surface area contributed by atoms with Crippen molar-refractivity contribution < 1.29 is 14.0 Å². The zero-order chi connectivity index (χ0) is 22.0. The Morgan fingerprint density at radius 2 is 1.97 bits per heavy atom. The lowest BCUT2D eigenvalue weighted by molar-refractivity contribution is -0.133. The highest BCUT2D eigenvalue weighted by molar-refractivity contribution is 9.10. The van der Waals surface area contributed by atoms with E-state index in [-0.39, 0.29) is 18.4 Å². The largest absolute Gasteiger partial charge is 0.358 e. The van der Waals surface area contributed by atoms with Crippen molar-refractivity contribution in [2.45, 2.75) is 31.4 Å². The second-order valence-corrected chi connectivity index (χ2v) is 8.96. The Morgan fingerprint density at radius 3 is 2.65 bits per heavy atom. The maximum absolute atomic E-state index is 14.3. The summed E-state index contributed by atoms with van der Waals surface area (Å²) in [6, 6.07) is 7.58. The number of anilines is 1. The van der Waals surface area contributed by atoms with E-state index < -0.39 is 12.1 Å². The summed E-state index contributed by atoms with van der Waals surface area (Å²) in [7, 11) is 0. The third-order valence-corrected chi connectivity index (χ3v) is 6.64. The minimum atomic E-state index is -1.04. The molecule has 7 nitrogen and oxygen atoms in total. The Kier molecular flexibility index (Phi) is 6.50. The number of hydrogen-bond acceptors (Lipinski definition) is 5. The van der Waals surface area contributed by atoms with E-state index in [0.717, 1.165) is 21.4 Å². The molecular formula is C22H25BrFN5O2. The number of nitrogens with one attached hydrogen (secondary N) is 1. The van der Waals surface area contributed by atoms with Crippen LogP contribution < -0.4 is 10.2 Å². The first-order valence-corrected chi connectivity index (χ1v) is 11.2. The van der Waals surface area contributed by atoms with Crippen LogP contribution in [0.1, 0.15) is 48.2 Å². The Labute approximate surface area is 189 Å². The maximum Gasteiger partial charge on any atom is 0.232 e. The van der Waals surface area contributed by atoms with Crippen LogP contribution in [0, 0.1) is 0 Å². The Balaban J connectivity index is 1.47. The number of piperazine rings is 1. The lowest BCUT2D eigenvalue weighted by Crippen LogP contribution is -2.51. The van der Waals surface area contributed by atoms with E-state index in [0.29, 0.717) is 44.7 Å². The van der Waals surface area contributed by atoms with Crippen LogP contribution in [-0.4, -0.2) is 59.9 Å². The molecule has 0 radical (unpaired) electrons. The van der Waals surface area contributed by atoms with E-state index in [1.54, 1.807) is 0 Å². The van der Waals surface area contributed by atoms with E-state index >= 15 is 0 Å². The van der Waals surface area contributed by atoms with Crippen LogP contribution in [0.3, 0.4) is 0 Å². The van der Waals surface area contributed by atoms with Crippen LogP contribution >= 0.6 is 15.9 Å². The number of nitrogens with zero attached hydrogens (tertiary/aromatic N) is 4. The van der Waals surface area contributed by atoms with Crippen molar-refractivity contribution in [1.82, 2.24) is 20.2 Å². The quantitative estimate of drug-likeness (QED) is 0.631. The smallest absolute Gasteiger partial charge is 0.232 e. The molecule has 1 aromatic heterocycles. The number of benzene rings is 1. The second kappa shape index (κ2) is 9.30. The van der Waals surface area contributed by atoms with E-state index in [1.807, 2.05) is 36.1 Å². The highest BCUT2D eigenvalue weighted by atomic mass is 79.9. The van der Waals surface area contributed by atoms with Gasteiger partial charge < -0.3 is 15.1 Å². The fourth-order valence-corrected chi connectivity index (χ4v) is 4.75. The fourth-order valence-electron chi connectivity index (χ4n) is 4.48. The summed E-state index contributed by atoms with van der Waals surface area (Å²) in [4.78, 5) is 36.7. The number of carbonyl (C=O) groups is 2. The second-order valence-electron chi connectivity index (χ2n) is 8.04. The molecule has 9 heteroatoms. The molecule has 2 heterocycles. The molecule has 0 saturated carbocycles. The third kappa shape index (κ3) is 4.42. The molecule has 3 atom stereocenters. The molecule has 0 spiro atoms. The number of carbonyl (C=O) groups excluding carboxylic acids is 2. The first-order valence-electron chi connectivity index (χ1n) is 10.4. The average molecular weight is 490 g/mol. The van der Waals surface area contributed by atoms with Crippen LogP contribution in [0.15, 0.2) is 35.1 Å². The fraction of sp³-hybridized carbons (Fsp3) is 0.455.